The number of nitrogens with two attached hydrogens (primary N) is 1. The maximum absolute atomic E-state index is 11.8. The number of aromatic nitrogens is 3. The molecule has 2 aromatic heterocycles. The molecule has 6 heteroatoms. The number of hydrogen-bond donors (Lipinski definition) is 1. The lowest BCUT2D eigenvalue weighted by Gasteiger charge is -2.03. The summed E-state index contributed by atoms with van der Waals surface area (Å²) >= 11 is 0. The Bertz CT molecular complexity index is 740. The maximum atomic E-state index is 11.8. The number of anilines is 1. The Morgan fingerprint density at radius 2 is 2.21 bits per heavy atom. The second kappa shape index (κ2) is 4.64. The number of hydrogen-bond acceptors (Lipinski definition) is 4. The van der Waals surface area contributed by atoms with Gasteiger partial charge in [0.2, 0.25) is 0 Å². The smallest absolute Gasteiger partial charge is 0.408 e. The first-order chi connectivity index (χ1) is 9.24. The monoisotopic (exact) mass is 258 g/mol. The third kappa shape index (κ3) is 2.24. The molecule has 0 amide bonds. The van der Waals surface area contributed by atoms with Crippen molar-refractivity contribution in [3.63, 3.8) is 0 Å². The summed E-state index contributed by atoms with van der Waals surface area (Å²) in [5.41, 5.74) is 7.57. The highest BCUT2D eigenvalue weighted by molar-refractivity contribution is 5.76. The van der Waals surface area contributed by atoms with Gasteiger partial charge in [0.25, 0.3) is 0 Å². The minimum atomic E-state index is -0.341. The summed E-state index contributed by atoms with van der Waals surface area (Å²) in [6, 6.07) is 5.25. The second-order valence-corrected chi connectivity index (χ2v) is 4.40. The van der Waals surface area contributed by atoms with Crippen LogP contribution >= 0.6 is 0 Å². The zero-order valence-corrected chi connectivity index (χ0v) is 10.3. The van der Waals surface area contributed by atoms with Crippen LogP contribution in [-0.2, 0) is 13.1 Å². The molecule has 0 aliphatic heterocycles. The highest BCUT2D eigenvalue weighted by Crippen LogP contribution is 2.16. The van der Waals surface area contributed by atoms with Gasteiger partial charge in [-0.15, -0.1) is 0 Å². The fourth-order valence-corrected chi connectivity index (χ4v) is 2.13. The topological polar surface area (TPSA) is 79.0 Å². The molecule has 0 fully saturated rings. The Morgan fingerprint density at radius 3 is 3.00 bits per heavy atom. The lowest BCUT2D eigenvalue weighted by molar-refractivity contribution is 0.483. The van der Waals surface area contributed by atoms with E-state index in [4.69, 9.17) is 10.2 Å². The Morgan fingerprint density at radius 1 is 1.32 bits per heavy atom. The normalized spacial score (nSPS) is 11.2. The second-order valence-electron chi connectivity index (χ2n) is 4.40. The quantitative estimate of drug-likeness (QED) is 0.718. The van der Waals surface area contributed by atoms with Crippen LogP contribution in [0.3, 0.4) is 0 Å². The highest BCUT2D eigenvalue weighted by atomic mass is 16.4. The van der Waals surface area contributed by atoms with Crippen molar-refractivity contribution < 1.29 is 4.42 Å². The van der Waals surface area contributed by atoms with E-state index in [1.807, 2.05) is 16.8 Å². The first kappa shape index (κ1) is 11.6. The van der Waals surface area contributed by atoms with Crippen LogP contribution in [0.2, 0.25) is 0 Å². The van der Waals surface area contributed by atoms with E-state index in [1.54, 1.807) is 29.2 Å². The molecule has 0 bridgehead atoms. The van der Waals surface area contributed by atoms with Crippen LogP contribution in [0.25, 0.3) is 11.1 Å². The van der Waals surface area contributed by atoms with Crippen LogP contribution in [0.15, 0.2) is 46.1 Å². The van der Waals surface area contributed by atoms with Crippen LogP contribution in [0.5, 0.6) is 0 Å². The number of benzene rings is 1. The maximum Gasteiger partial charge on any atom is 0.419 e. The molecule has 0 aliphatic rings. The van der Waals surface area contributed by atoms with Crippen molar-refractivity contribution in [2.24, 2.45) is 0 Å². The zero-order valence-electron chi connectivity index (χ0n) is 10.3. The number of imidazole rings is 1. The first-order valence-corrected chi connectivity index (χ1v) is 6.08. The van der Waals surface area contributed by atoms with Crippen LogP contribution in [0.1, 0.15) is 6.42 Å². The molecule has 0 spiro atoms. The van der Waals surface area contributed by atoms with Crippen molar-refractivity contribution in [1.82, 2.24) is 14.1 Å². The molecule has 6 nitrogen and oxygen atoms in total. The fourth-order valence-electron chi connectivity index (χ4n) is 2.13. The van der Waals surface area contributed by atoms with Crippen molar-refractivity contribution in [3.8, 4) is 0 Å². The summed E-state index contributed by atoms with van der Waals surface area (Å²) in [5, 5.41) is 0. The molecule has 0 aliphatic carbocycles. The lowest BCUT2D eigenvalue weighted by atomic mass is 10.3. The standard InChI is InChI=1S/C13H14N4O2/c14-10-2-3-11-12(8-10)19-13(18)17(11)6-1-5-16-7-4-15-9-16/h2-4,7-9H,1,5-6,14H2. The van der Waals surface area contributed by atoms with Crippen LogP contribution in [0, 0.1) is 0 Å². The van der Waals surface area contributed by atoms with Gasteiger partial charge in [-0.25, -0.2) is 9.78 Å². The van der Waals surface area contributed by atoms with Gasteiger partial charge in [0.15, 0.2) is 5.58 Å². The molecule has 3 rings (SSSR count). The van der Waals surface area contributed by atoms with Crippen molar-refractivity contribution in [2.45, 2.75) is 19.5 Å². The fraction of sp³-hybridized carbons (Fsp3) is 0.231. The highest BCUT2D eigenvalue weighted by Gasteiger charge is 2.08. The molecule has 0 unspecified atom stereocenters. The van der Waals surface area contributed by atoms with Gasteiger partial charge in [-0.05, 0) is 18.6 Å². The minimum absolute atomic E-state index is 0.341. The zero-order chi connectivity index (χ0) is 13.2. The molecular weight excluding hydrogens is 244 g/mol. The van der Waals surface area contributed by atoms with Crippen molar-refractivity contribution in [3.05, 3.63) is 47.5 Å². The number of rotatable bonds is 4. The molecule has 2 heterocycles. The van der Waals surface area contributed by atoms with Gasteiger partial charge >= 0.3 is 5.76 Å². The van der Waals surface area contributed by atoms with Crippen molar-refractivity contribution in [2.75, 3.05) is 5.73 Å². The van der Waals surface area contributed by atoms with Gasteiger partial charge in [0, 0.05) is 37.2 Å². The van der Waals surface area contributed by atoms with Gasteiger partial charge in [0.05, 0.1) is 11.8 Å². The van der Waals surface area contributed by atoms with Gasteiger partial charge in [-0.2, -0.15) is 0 Å². The Hall–Kier alpha value is -2.50. The van der Waals surface area contributed by atoms with Crippen molar-refractivity contribution in [1.29, 1.82) is 0 Å². The number of nitrogens with zero attached hydrogens (tertiary/aromatic N) is 3. The van der Waals surface area contributed by atoms with E-state index < -0.39 is 0 Å². The minimum Gasteiger partial charge on any atom is -0.408 e. The van der Waals surface area contributed by atoms with E-state index in [0.29, 0.717) is 17.8 Å². The van der Waals surface area contributed by atoms with E-state index in [9.17, 15) is 4.79 Å². The summed E-state index contributed by atoms with van der Waals surface area (Å²) < 4.78 is 8.78. The molecule has 19 heavy (non-hydrogen) atoms. The third-order valence-electron chi connectivity index (χ3n) is 3.05. The predicted molar refractivity (Wildman–Crippen MR) is 71.7 cm³/mol. The average Bonchev–Trinajstić information content (AvgIpc) is 2.98. The Kier molecular flexibility index (Phi) is 2.83. The predicted octanol–water partition coefficient (Wildman–Crippen LogP) is 1.46. The molecular formula is C13H14N4O2. The third-order valence-corrected chi connectivity index (χ3v) is 3.05. The van der Waals surface area contributed by atoms with Gasteiger partial charge in [0.1, 0.15) is 0 Å². The molecule has 3 aromatic rings. The first-order valence-electron chi connectivity index (χ1n) is 6.08. The van der Waals surface area contributed by atoms with Gasteiger partial charge in [-0.1, -0.05) is 0 Å². The average molecular weight is 258 g/mol. The van der Waals surface area contributed by atoms with E-state index >= 15 is 0 Å². The Balaban J connectivity index is 1.80. The van der Waals surface area contributed by atoms with E-state index in [-0.39, 0.29) is 5.76 Å². The molecule has 98 valence electrons. The molecule has 2 N–H and O–H groups in total. The van der Waals surface area contributed by atoms with E-state index in [1.165, 1.54) is 0 Å². The summed E-state index contributed by atoms with van der Waals surface area (Å²) in [6.07, 6.45) is 6.23. The molecule has 1 aromatic carbocycles. The molecule has 0 radical (unpaired) electrons. The SMILES string of the molecule is Nc1ccc2c(c1)oc(=O)n2CCCn1ccnc1. The number of fused-ring (bicyclic) bond motifs is 1. The van der Waals surface area contributed by atoms with Gasteiger partial charge in [-0.3, -0.25) is 4.57 Å². The summed E-state index contributed by atoms with van der Waals surface area (Å²) in [6.45, 7) is 1.42. The Labute approximate surface area is 109 Å². The van der Waals surface area contributed by atoms with Gasteiger partial charge < -0.3 is 14.7 Å². The van der Waals surface area contributed by atoms with Crippen LogP contribution in [-0.4, -0.2) is 14.1 Å². The van der Waals surface area contributed by atoms with Crippen LogP contribution < -0.4 is 11.5 Å². The summed E-state index contributed by atoms with van der Waals surface area (Å²) in [4.78, 5) is 15.8. The van der Waals surface area contributed by atoms with Crippen LogP contribution in [0.4, 0.5) is 5.69 Å². The van der Waals surface area contributed by atoms with E-state index in [2.05, 4.69) is 4.98 Å². The molecule has 0 saturated heterocycles. The number of oxazole rings is 1. The lowest BCUT2D eigenvalue weighted by Crippen LogP contribution is -2.15. The summed E-state index contributed by atoms with van der Waals surface area (Å²) in [7, 11) is 0. The van der Waals surface area contributed by atoms with Crippen molar-refractivity contribution >= 4 is 16.8 Å². The molecule has 0 atom stereocenters. The number of nitrogen functional groups attached to an aromatic ring is 1. The number of aryl methyl sites for hydroxylation is 2. The molecule has 0 saturated carbocycles. The summed E-state index contributed by atoms with van der Waals surface area (Å²) in [5.74, 6) is -0.341. The largest absolute Gasteiger partial charge is 0.419 e. The van der Waals surface area contributed by atoms with E-state index in [0.717, 1.165) is 18.5 Å².